The Morgan fingerprint density at radius 3 is 2.56 bits per heavy atom. The Kier molecular flexibility index (Phi) is 7.98. The zero-order valence-electron chi connectivity index (χ0n) is 18.7. The van der Waals surface area contributed by atoms with Gasteiger partial charge in [0.05, 0.1) is 18.6 Å². The van der Waals surface area contributed by atoms with Crippen LogP contribution in [0.2, 0.25) is 0 Å². The summed E-state index contributed by atoms with van der Waals surface area (Å²) in [6.07, 6.45) is 0.629. The van der Waals surface area contributed by atoms with Gasteiger partial charge in [-0.3, -0.25) is 4.79 Å². The first-order valence-corrected chi connectivity index (χ1v) is 12.0. The Bertz CT molecular complexity index is 1040. The van der Waals surface area contributed by atoms with Gasteiger partial charge >= 0.3 is 0 Å². The molecule has 0 atom stereocenters. The van der Waals surface area contributed by atoms with Crippen molar-refractivity contribution in [2.75, 3.05) is 33.4 Å². The zero-order chi connectivity index (χ0) is 23.1. The Morgan fingerprint density at radius 1 is 1.12 bits per heavy atom. The van der Waals surface area contributed by atoms with Gasteiger partial charge in [-0.25, -0.2) is 8.42 Å². The molecule has 9 heteroatoms. The monoisotopic (exact) mass is 462 g/mol. The molecule has 0 radical (unpaired) electrons. The van der Waals surface area contributed by atoms with Gasteiger partial charge in [0.1, 0.15) is 19.0 Å². The highest BCUT2D eigenvalue weighted by molar-refractivity contribution is 7.89. The van der Waals surface area contributed by atoms with Gasteiger partial charge in [-0.15, -0.1) is 0 Å². The Morgan fingerprint density at radius 2 is 1.84 bits per heavy atom. The third-order valence-electron chi connectivity index (χ3n) is 5.10. The molecular weight excluding hydrogens is 432 g/mol. The Balaban J connectivity index is 1.75. The standard InChI is InChI=1S/C23H30N2O6S/c1-17(2)10-11-25(16-23(26)24-15-18-6-4-5-7-20(18)29-3)32(27,28)19-8-9-21-22(14-19)31-13-12-30-21/h4-9,14,17H,10-13,15-16H2,1-3H3,(H,24,26). The van der Waals surface area contributed by atoms with Crippen LogP contribution in [0.1, 0.15) is 25.8 Å². The lowest BCUT2D eigenvalue weighted by Gasteiger charge is -2.24. The molecule has 0 aromatic heterocycles. The van der Waals surface area contributed by atoms with E-state index in [2.05, 4.69) is 5.32 Å². The molecule has 1 amide bonds. The molecule has 1 aliphatic heterocycles. The molecule has 0 spiro atoms. The summed E-state index contributed by atoms with van der Waals surface area (Å²) in [5.41, 5.74) is 0.812. The molecule has 8 nitrogen and oxygen atoms in total. The van der Waals surface area contributed by atoms with Crippen molar-refractivity contribution in [1.29, 1.82) is 0 Å². The number of sulfonamides is 1. The van der Waals surface area contributed by atoms with E-state index in [0.29, 0.717) is 36.9 Å². The number of hydrogen-bond acceptors (Lipinski definition) is 6. The van der Waals surface area contributed by atoms with Gasteiger partial charge in [0.2, 0.25) is 15.9 Å². The lowest BCUT2D eigenvalue weighted by molar-refractivity contribution is -0.121. The van der Waals surface area contributed by atoms with E-state index in [1.807, 2.05) is 38.1 Å². The molecule has 0 unspecified atom stereocenters. The van der Waals surface area contributed by atoms with Crippen LogP contribution >= 0.6 is 0 Å². The number of nitrogens with zero attached hydrogens (tertiary/aromatic N) is 1. The quantitative estimate of drug-likeness (QED) is 0.584. The van der Waals surface area contributed by atoms with Gasteiger partial charge in [-0.2, -0.15) is 4.31 Å². The van der Waals surface area contributed by atoms with E-state index < -0.39 is 10.0 Å². The number of ether oxygens (including phenoxy) is 3. The van der Waals surface area contributed by atoms with Crippen molar-refractivity contribution >= 4 is 15.9 Å². The highest BCUT2D eigenvalue weighted by Gasteiger charge is 2.28. The van der Waals surface area contributed by atoms with Crippen molar-refractivity contribution in [3.05, 3.63) is 48.0 Å². The predicted molar refractivity (Wildman–Crippen MR) is 120 cm³/mol. The number of para-hydroxylation sites is 1. The topological polar surface area (TPSA) is 94.2 Å². The first-order valence-electron chi connectivity index (χ1n) is 10.6. The summed E-state index contributed by atoms with van der Waals surface area (Å²) in [6.45, 7) is 5.00. The zero-order valence-corrected chi connectivity index (χ0v) is 19.5. The SMILES string of the molecule is COc1ccccc1CNC(=O)CN(CCC(C)C)S(=O)(=O)c1ccc2c(c1)OCCO2. The van der Waals surface area contributed by atoms with Crippen molar-refractivity contribution in [3.63, 3.8) is 0 Å². The van der Waals surface area contributed by atoms with E-state index in [-0.39, 0.29) is 36.4 Å². The van der Waals surface area contributed by atoms with Gasteiger partial charge in [-0.05, 0) is 30.5 Å². The minimum atomic E-state index is -3.91. The minimum absolute atomic E-state index is 0.0723. The molecule has 1 N–H and O–H groups in total. The van der Waals surface area contributed by atoms with Crippen LogP contribution in [-0.2, 0) is 21.4 Å². The van der Waals surface area contributed by atoms with Crippen molar-refractivity contribution in [2.24, 2.45) is 5.92 Å². The number of amides is 1. The van der Waals surface area contributed by atoms with E-state index in [4.69, 9.17) is 14.2 Å². The fraction of sp³-hybridized carbons (Fsp3) is 0.435. The number of fused-ring (bicyclic) bond motifs is 1. The van der Waals surface area contributed by atoms with Gasteiger partial charge < -0.3 is 19.5 Å². The molecule has 0 saturated carbocycles. The summed E-state index contributed by atoms with van der Waals surface area (Å²) >= 11 is 0. The van der Waals surface area contributed by atoms with Crippen LogP contribution in [0.5, 0.6) is 17.2 Å². The second-order valence-electron chi connectivity index (χ2n) is 7.92. The lowest BCUT2D eigenvalue weighted by atomic mass is 10.1. The average molecular weight is 463 g/mol. The lowest BCUT2D eigenvalue weighted by Crippen LogP contribution is -2.41. The number of methoxy groups -OCH3 is 1. The maximum atomic E-state index is 13.4. The van der Waals surface area contributed by atoms with Crippen LogP contribution in [-0.4, -0.2) is 52.0 Å². The summed E-state index contributed by atoms with van der Waals surface area (Å²) in [7, 11) is -2.35. The van der Waals surface area contributed by atoms with E-state index in [1.165, 1.54) is 16.4 Å². The number of hydrogen-bond donors (Lipinski definition) is 1. The maximum Gasteiger partial charge on any atom is 0.243 e. The molecule has 32 heavy (non-hydrogen) atoms. The molecule has 3 rings (SSSR count). The summed E-state index contributed by atoms with van der Waals surface area (Å²) in [6, 6.07) is 11.9. The van der Waals surface area contributed by atoms with E-state index in [9.17, 15) is 13.2 Å². The molecule has 0 aliphatic carbocycles. The average Bonchev–Trinajstić information content (AvgIpc) is 2.79. The van der Waals surface area contributed by atoms with Crippen LogP contribution in [0, 0.1) is 5.92 Å². The highest BCUT2D eigenvalue weighted by atomic mass is 32.2. The van der Waals surface area contributed by atoms with Crippen molar-refractivity contribution < 1.29 is 27.4 Å². The summed E-state index contributed by atoms with van der Waals surface area (Å²) in [5, 5.41) is 2.80. The van der Waals surface area contributed by atoms with Crippen LogP contribution in [0.3, 0.4) is 0 Å². The van der Waals surface area contributed by atoms with Crippen LogP contribution < -0.4 is 19.5 Å². The normalized spacial score (nSPS) is 13.3. The number of nitrogens with one attached hydrogen (secondary N) is 1. The number of rotatable bonds is 10. The summed E-state index contributed by atoms with van der Waals surface area (Å²) in [5.74, 6) is 1.46. The van der Waals surface area contributed by atoms with Crippen molar-refractivity contribution in [2.45, 2.75) is 31.7 Å². The Hall–Kier alpha value is -2.78. The molecule has 0 bridgehead atoms. The smallest absolute Gasteiger partial charge is 0.243 e. The minimum Gasteiger partial charge on any atom is -0.496 e. The summed E-state index contributed by atoms with van der Waals surface area (Å²) in [4.78, 5) is 12.8. The first-order chi connectivity index (χ1) is 15.3. The molecule has 2 aromatic rings. The first kappa shape index (κ1) is 23.9. The third kappa shape index (κ3) is 5.92. The molecule has 0 fully saturated rings. The van der Waals surface area contributed by atoms with Crippen LogP contribution in [0.15, 0.2) is 47.4 Å². The second-order valence-corrected chi connectivity index (χ2v) is 9.85. The fourth-order valence-electron chi connectivity index (χ4n) is 3.28. The predicted octanol–water partition coefficient (Wildman–Crippen LogP) is 2.82. The second kappa shape index (κ2) is 10.7. The van der Waals surface area contributed by atoms with Crippen molar-refractivity contribution in [3.8, 4) is 17.2 Å². The number of benzene rings is 2. The van der Waals surface area contributed by atoms with Crippen molar-refractivity contribution in [1.82, 2.24) is 9.62 Å². The molecule has 1 aliphatic rings. The molecule has 1 heterocycles. The molecular formula is C23H30N2O6S. The van der Waals surface area contributed by atoms with E-state index in [1.54, 1.807) is 13.2 Å². The number of carbonyl (C=O) groups excluding carboxylic acids is 1. The highest BCUT2D eigenvalue weighted by Crippen LogP contribution is 2.33. The van der Waals surface area contributed by atoms with Gasteiger partial charge in [-0.1, -0.05) is 32.0 Å². The molecule has 0 saturated heterocycles. The number of carbonyl (C=O) groups is 1. The van der Waals surface area contributed by atoms with Crippen LogP contribution in [0.25, 0.3) is 0 Å². The van der Waals surface area contributed by atoms with Gasteiger partial charge in [0.25, 0.3) is 0 Å². The molecule has 2 aromatic carbocycles. The van der Waals surface area contributed by atoms with Gasteiger partial charge in [0, 0.05) is 24.7 Å². The maximum absolute atomic E-state index is 13.4. The van der Waals surface area contributed by atoms with Crippen LogP contribution in [0.4, 0.5) is 0 Å². The van der Waals surface area contributed by atoms with E-state index >= 15 is 0 Å². The summed E-state index contributed by atoms with van der Waals surface area (Å²) < 4.78 is 44.3. The molecule has 174 valence electrons. The van der Waals surface area contributed by atoms with E-state index in [0.717, 1.165) is 5.56 Å². The third-order valence-corrected chi connectivity index (χ3v) is 6.94. The fourth-order valence-corrected chi connectivity index (χ4v) is 4.71. The largest absolute Gasteiger partial charge is 0.496 e. The van der Waals surface area contributed by atoms with Gasteiger partial charge in [0.15, 0.2) is 11.5 Å². The Labute approximate surface area is 189 Å².